The zero-order chi connectivity index (χ0) is 13.5. The van der Waals surface area contributed by atoms with Crippen molar-refractivity contribution in [3.8, 4) is 11.5 Å². The fourth-order valence-electron chi connectivity index (χ4n) is 1.88. The highest BCUT2D eigenvalue weighted by molar-refractivity contribution is 5.97. The topological polar surface area (TPSA) is 65.0 Å². The highest BCUT2D eigenvalue weighted by Crippen LogP contribution is 2.42. The second-order valence-corrected chi connectivity index (χ2v) is 4.14. The van der Waals surface area contributed by atoms with E-state index in [1.54, 1.807) is 12.1 Å². The molecule has 0 unspecified atom stereocenters. The number of carbonyl (C=O) groups is 1. The third-order valence-corrected chi connectivity index (χ3v) is 3.02. The lowest BCUT2D eigenvalue weighted by molar-refractivity contribution is 0.00823. The van der Waals surface area contributed by atoms with E-state index in [0.717, 1.165) is 0 Å². The highest BCUT2D eigenvalue weighted by atomic mass is 16.6. The largest absolute Gasteiger partial charge is 0.497 e. The molecule has 1 heterocycles. The molecule has 0 fully saturated rings. The number of carbonyl (C=O) groups excluding carboxylic acids is 1. The third kappa shape index (κ3) is 1.64. The molecule has 1 atom stereocenters. The van der Waals surface area contributed by atoms with Crippen molar-refractivity contribution in [1.82, 2.24) is 0 Å². The molecule has 0 bridgehead atoms. The lowest BCUT2D eigenvalue weighted by atomic mass is 9.87. The molecule has 5 nitrogen and oxygen atoms in total. The van der Waals surface area contributed by atoms with Crippen molar-refractivity contribution in [1.29, 1.82) is 0 Å². The average Bonchev–Trinajstić information content (AvgIpc) is 2.35. The summed E-state index contributed by atoms with van der Waals surface area (Å²) < 4.78 is 15.2. The number of hydrogen-bond donors (Lipinski definition) is 1. The SMILES string of the molecule is C=C1OC(=O)c2c(OC)cc(OC)cc2[C@@]1(C)O. The smallest absolute Gasteiger partial charge is 0.347 e. The first-order valence-corrected chi connectivity index (χ1v) is 5.32. The number of cyclic esters (lactones) is 1. The highest BCUT2D eigenvalue weighted by Gasteiger charge is 2.41. The van der Waals surface area contributed by atoms with Gasteiger partial charge >= 0.3 is 5.97 Å². The van der Waals surface area contributed by atoms with Gasteiger partial charge in [0.1, 0.15) is 28.4 Å². The number of esters is 1. The number of benzene rings is 1. The number of fused-ring (bicyclic) bond motifs is 1. The molecule has 0 amide bonds. The van der Waals surface area contributed by atoms with Crippen molar-refractivity contribution < 1.29 is 24.1 Å². The molecule has 2 rings (SSSR count). The maximum Gasteiger partial charge on any atom is 0.347 e. The van der Waals surface area contributed by atoms with Gasteiger partial charge in [0.15, 0.2) is 0 Å². The maximum atomic E-state index is 11.8. The molecule has 1 aromatic carbocycles. The van der Waals surface area contributed by atoms with Crippen LogP contribution < -0.4 is 9.47 Å². The van der Waals surface area contributed by atoms with Crippen LogP contribution in [0.4, 0.5) is 0 Å². The molecule has 1 aliphatic rings. The summed E-state index contributed by atoms with van der Waals surface area (Å²) in [7, 11) is 2.92. The molecule has 0 radical (unpaired) electrons. The van der Waals surface area contributed by atoms with Crippen LogP contribution >= 0.6 is 0 Å². The molecule has 18 heavy (non-hydrogen) atoms. The number of methoxy groups -OCH3 is 2. The van der Waals surface area contributed by atoms with E-state index < -0.39 is 11.6 Å². The average molecular weight is 250 g/mol. The van der Waals surface area contributed by atoms with E-state index in [1.165, 1.54) is 21.1 Å². The van der Waals surface area contributed by atoms with Gasteiger partial charge in [-0.05, 0) is 13.0 Å². The van der Waals surface area contributed by atoms with Crippen molar-refractivity contribution in [2.24, 2.45) is 0 Å². The summed E-state index contributed by atoms with van der Waals surface area (Å²) in [6.07, 6.45) is 0. The minimum Gasteiger partial charge on any atom is -0.497 e. The van der Waals surface area contributed by atoms with E-state index in [0.29, 0.717) is 17.1 Å². The fraction of sp³-hybridized carbons (Fsp3) is 0.308. The number of hydrogen-bond acceptors (Lipinski definition) is 5. The number of aliphatic hydroxyl groups is 1. The lowest BCUT2D eigenvalue weighted by Crippen LogP contribution is -2.34. The molecule has 0 aromatic heterocycles. The minimum absolute atomic E-state index is 0.0182. The number of ether oxygens (including phenoxy) is 3. The van der Waals surface area contributed by atoms with Crippen LogP contribution in [0, 0.1) is 0 Å². The van der Waals surface area contributed by atoms with Gasteiger partial charge in [0.25, 0.3) is 0 Å². The molecular formula is C13H14O5. The zero-order valence-electron chi connectivity index (χ0n) is 10.4. The first-order valence-electron chi connectivity index (χ1n) is 5.32. The quantitative estimate of drug-likeness (QED) is 0.807. The van der Waals surface area contributed by atoms with Crippen LogP contribution in [0.5, 0.6) is 11.5 Å². The summed E-state index contributed by atoms with van der Waals surface area (Å²) in [6.45, 7) is 5.05. The van der Waals surface area contributed by atoms with Gasteiger partial charge in [-0.15, -0.1) is 0 Å². The van der Waals surface area contributed by atoms with Crippen molar-refractivity contribution in [3.63, 3.8) is 0 Å². The predicted molar refractivity (Wildman–Crippen MR) is 63.7 cm³/mol. The summed E-state index contributed by atoms with van der Waals surface area (Å²) in [4.78, 5) is 11.8. The Labute approximate surface area is 105 Å². The molecule has 1 aliphatic heterocycles. The standard InChI is InChI=1S/C13H14O5/c1-7-13(2,15)9-5-8(16-3)6-10(17-4)11(9)12(14)18-7/h5-6,15H,1H2,2-4H3/t13-/m0/s1. The Morgan fingerprint density at radius 1 is 1.33 bits per heavy atom. The van der Waals surface area contributed by atoms with E-state index >= 15 is 0 Å². The summed E-state index contributed by atoms with van der Waals surface area (Å²) in [5.74, 6) is 0.159. The van der Waals surface area contributed by atoms with Crippen molar-refractivity contribution >= 4 is 5.97 Å². The van der Waals surface area contributed by atoms with E-state index in [1.807, 2.05) is 0 Å². The van der Waals surface area contributed by atoms with Crippen LogP contribution in [-0.2, 0) is 10.3 Å². The van der Waals surface area contributed by atoms with Gasteiger partial charge in [-0.25, -0.2) is 4.79 Å². The van der Waals surface area contributed by atoms with Gasteiger partial charge in [0.05, 0.1) is 14.2 Å². The summed E-state index contributed by atoms with van der Waals surface area (Å²) >= 11 is 0. The van der Waals surface area contributed by atoms with E-state index in [4.69, 9.17) is 14.2 Å². The Bertz CT molecular complexity index is 530. The Balaban J connectivity index is 2.76. The van der Waals surface area contributed by atoms with E-state index in [2.05, 4.69) is 6.58 Å². The molecule has 5 heteroatoms. The molecule has 0 saturated heterocycles. The van der Waals surface area contributed by atoms with Crippen LogP contribution in [-0.4, -0.2) is 25.3 Å². The van der Waals surface area contributed by atoms with Crippen LogP contribution in [0.2, 0.25) is 0 Å². The minimum atomic E-state index is -1.47. The van der Waals surface area contributed by atoms with Crippen LogP contribution in [0.25, 0.3) is 0 Å². The van der Waals surface area contributed by atoms with Gasteiger partial charge in [-0.3, -0.25) is 0 Å². The van der Waals surface area contributed by atoms with Crippen molar-refractivity contribution in [3.05, 3.63) is 35.6 Å². The molecule has 0 spiro atoms. The molecule has 0 aliphatic carbocycles. The Morgan fingerprint density at radius 3 is 2.56 bits per heavy atom. The second-order valence-electron chi connectivity index (χ2n) is 4.14. The fourth-order valence-corrected chi connectivity index (χ4v) is 1.88. The summed E-state index contributed by atoms with van der Waals surface area (Å²) in [5.41, 5.74) is -0.916. The van der Waals surface area contributed by atoms with Gasteiger partial charge in [-0.2, -0.15) is 0 Å². The van der Waals surface area contributed by atoms with Crippen molar-refractivity contribution in [2.75, 3.05) is 14.2 Å². The van der Waals surface area contributed by atoms with Gasteiger partial charge < -0.3 is 19.3 Å². The molecular weight excluding hydrogens is 236 g/mol. The second kappa shape index (κ2) is 4.03. The van der Waals surface area contributed by atoms with E-state index in [-0.39, 0.29) is 11.3 Å². The first kappa shape index (κ1) is 12.4. The molecule has 96 valence electrons. The van der Waals surface area contributed by atoms with Crippen LogP contribution in [0.15, 0.2) is 24.5 Å². The zero-order valence-corrected chi connectivity index (χ0v) is 10.4. The van der Waals surface area contributed by atoms with Gasteiger partial charge in [0, 0.05) is 11.6 Å². The Kier molecular flexibility index (Phi) is 2.78. The molecule has 1 N–H and O–H groups in total. The van der Waals surface area contributed by atoms with Gasteiger partial charge in [-0.1, -0.05) is 6.58 Å². The van der Waals surface area contributed by atoms with Crippen LogP contribution in [0.1, 0.15) is 22.8 Å². The van der Waals surface area contributed by atoms with Crippen molar-refractivity contribution in [2.45, 2.75) is 12.5 Å². The number of rotatable bonds is 2. The lowest BCUT2D eigenvalue weighted by Gasteiger charge is -2.32. The summed E-state index contributed by atoms with van der Waals surface area (Å²) in [5, 5.41) is 10.4. The molecule has 0 saturated carbocycles. The Hall–Kier alpha value is -2.01. The molecule has 1 aromatic rings. The first-order chi connectivity index (χ1) is 8.41. The Morgan fingerprint density at radius 2 is 2.00 bits per heavy atom. The van der Waals surface area contributed by atoms with Gasteiger partial charge in [0.2, 0.25) is 0 Å². The third-order valence-electron chi connectivity index (χ3n) is 3.02. The van der Waals surface area contributed by atoms with Crippen LogP contribution in [0.3, 0.4) is 0 Å². The van der Waals surface area contributed by atoms with E-state index in [9.17, 15) is 9.90 Å². The monoisotopic (exact) mass is 250 g/mol. The maximum absolute atomic E-state index is 11.8. The normalized spacial score (nSPS) is 22.2. The predicted octanol–water partition coefficient (Wildman–Crippen LogP) is 1.60. The summed E-state index contributed by atoms with van der Waals surface area (Å²) in [6, 6.07) is 3.13.